The maximum Gasteiger partial charge on any atom is 0.227 e. The molecule has 5 nitrogen and oxygen atoms in total. The molecular formula is C25H29N3O2. The number of para-hydroxylation sites is 1. The molecular weight excluding hydrogens is 374 g/mol. The smallest absolute Gasteiger partial charge is 0.227 e. The van der Waals surface area contributed by atoms with Crippen LogP contribution in [0.1, 0.15) is 30.4 Å². The van der Waals surface area contributed by atoms with Crippen LogP contribution in [-0.4, -0.2) is 38.0 Å². The van der Waals surface area contributed by atoms with Gasteiger partial charge in [-0.2, -0.15) is 0 Å². The Hall–Kier alpha value is -2.82. The lowest BCUT2D eigenvalue weighted by Gasteiger charge is -2.19. The summed E-state index contributed by atoms with van der Waals surface area (Å²) in [6.07, 6.45) is 4.82. The molecule has 30 heavy (non-hydrogen) atoms. The second-order valence-electron chi connectivity index (χ2n) is 8.89. The SMILES string of the molecule is O=C(NC[C@H]1CCN(c2ccccc2)C1)[C@H]1CC(=O)N(c2ccc3c(c2)CCC3)C1. The van der Waals surface area contributed by atoms with Crippen LogP contribution in [0.4, 0.5) is 11.4 Å². The number of nitrogens with one attached hydrogen (secondary N) is 1. The predicted molar refractivity (Wildman–Crippen MR) is 119 cm³/mol. The largest absolute Gasteiger partial charge is 0.371 e. The Labute approximate surface area is 178 Å². The molecule has 5 heteroatoms. The highest BCUT2D eigenvalue weighted by Crippen LogP contribution is 2.31. The monoisotopic (exact) mass is 403 g/mol. The lowest BCUT2D eigenvalue weighted by molar-refractivity contribution is -0.126. The van der Waals surface area contributed by atoms with Gasteiger partial charge in [-0.1, -0.05) is 24.3 Å². The Morgan fingerprint density at radius 1 is 1.00 bits per heavy atom. The number of rotatable bonds is 5. The fraction of sp³-hybridized carbons (Fsp3) is 0.440. The van der Waals surface area contributed by atoms with Gasteiger partial charge in [-0.25, -0.2) is 0 Å². The van der Waals surface area contributed by atoms with Crippen LogP contribution in [0.3, 0.4) is 0 Å². The van der Waals surface area contributed by atoms with Crippen molar-refractivity contribution < 1.29 is 9.59 Å². The number of carbonyl (C=O) groups excluding carboxylic acids is 2. The van der Waals surface area contributed by atoms with Crippen LogP contribution < -0.4 is 15.1 Å². The van der Waals surface area contributed by atoms with E-state index < -0.39 is 0 Å². The van der Waals surface area contributed by atoms with E-state index in [4.69, 9.17) is 0 Å². The van der Waals surface area contributed by atoms with Gasteiger partial charge in [-0.15, -0.1) is 0 Å². The first kappa shape index (κ1) is 19.2. The molecule has 2 aliphatic heterocycles. The third-order valence-electron chi connectivity index (χ3n) is 6.86. The van der Waals surface area contributed by atoms with Gasteiger partial charge in [0.25, 0.3) is 0 Å². The molecule has 1 N–H and O–H groups in total. The number of carbonyl (C=O) groups is 2. The van der Waals surface area contributed by atoms with E-state index in [0.29, 0.717) is 25.4 Å². The molecule has 156 valence electrons. The maximum absolute atomic E-state index is 12.8. The Morgan fingerprint density at radius 2 is 1.83 bits per heavy atom. The number of hydrogen-bond acceptors (Lipinski definition) is 3. The number of fused-ring (bicyclic) bond motifs is 1. The fourth-order valence-electron chi connectivity index (χ4n) is 5.12. The van der Waals surface area contributed by atoms with Crippen LogP contribution in [0, 0.1) is 11.8 Å². The van der Waals surface area contributed by atoms with Crippen molar-refractivity contribution in [2.75, 3.05) is 36.0 Å². The van der Waals surface area contributed by atoms with E-state index in [0.717, 1.165) is 38.0 Å². The van der Waals surface area contributed by atoms with E-state index in [1.165, 1.54) is 23.2 Å². The highest BCUT2D eigenvalue weighted by atomic mass is 16.2. The van der Waals surface area contributed by atoms with Crippen molar-refractivity contribution in [1.82, 2.24) is 5.32 Å². The molecule has 2 amide bonds. The van der Waals surface area contributed by atoms with Crippen LogP contribution >= 0.6 is 0 Å². The van der Waals surface area contributed by atoms with Crippen molar-refractivity contribution in [2.24, 2.45) is 11.8 Å². The molecule has 0 bridgehead atoms. The normalized spacial score (nSPS) is 23.1. The average Bonchev–Trinajstić information content (AvgIpc) is 3.51. The molecule has 2 saturated heterocycles. The zero-order valence-corrected chi connectivity index (χ0v) is 17.3. The first-order valence-electron chi connectivity index (χ1n) is 11.2. The van der Waals surface area contributed by atoms with E-state index in [1.54, 1.807) is 4.90 Å². The van der Waals surface area contributed by atoms with Crippen LogP contribution in [0.5, 0.6) is 0 Å². The van der Waals surface area contributed by atoms with E-state index >= 15 is 0 Å². The van der Waals surface area contributed by atoms with Crippen LogP contribution in [-0.2, 0) is 22.4 Å². The number of aryl methyl sites for hydroxylation is 2. The summed E-state index contributed by atoms with van der Waals surface area (Å²) in [6.45, 7) is 3.17. The van der Waals surface area contributed by atoms with Gasteiger partial charge in [0.15, 0.2) is 0 Å². The Kier molecular flexibility index (Phi) is 5.19. The molecule has 0 radical (unpaired) electrons. The lowest BCUT2D eigenvalue weighted by Crippen LogP contribution is -2.36. The van der Waals surface area contributed by atoms with Crippen molar-refractivity contribution in [1.29, 1.82) is 0 Å². The summed E-state index contributed by atoms with van der Waals surface area (Å²) in [5, 5.41) is 3.13. The first-order valence-corrected chi connectivity index (χ1v) is 11.2. The van der Waals surface area contributed by atoms with Gasteiger partial charge in [-0.05, 0) is 67.0 Å². The molecule has 0 spiro atoms. The zero-order valence-electron chi connectivity index (χ0n) is 17.3. The van der Waals surface area contributed by atoms with Gasteiger partial charge < -0.3 is 15.1 Å². The van der Waals surface area contributed by atoms with Crippen LogP contribution in [0.15, 0.2) is 48.5 Å². The number of hydrogen-bond donors (Lipinski definition) is 1. The van der Waals surface area contributed by atoms with Crippen LogP contribution in [0.2, 0.25) is 0 Å². The highest BCUT2D eigenvalue weighted by molar-refractivity contribution is 6.00. The summed E-state index contributed by atoms with van der Waals surface area (Å²) >= 11 is 0. The zero-order chi connectivity index (χ0) is 20.5. The van der Waals surface area contributed by atoms with Crippen molar-refractivity contribution in [3.8, 4) is 0 Å². The molecule has 1 aliphatic carbocycles. The Morgan fingerprint density at radius 3 is 2.70 bits per heavy atom. The quantitative estimate of drug-likeness (QED) is 0.834. The van der Waals surface area contributed by atoms with Gasteiger partial charge in [0.1, 0.15) is 0 Å². The number of benzene rings is 2. The maximum atomic E-state index is 12.8. The predicted octanol–water partition coefficient (Wildman–Crippen LogP) is 3.17. The Balaban J connectivity index is 1.14. The molecule has 2 heterocycles. The van der Waals surface area contributed by atoms with Gasteiger partial charge in [-0.3, -0.25) is 9.59 Å². The molecule has 2 fully saturated rings. The van der Waals surface area contributed by atoms with Crippen molar-refractivity contribution in [3.05, 3.63) is 59.7 Å². The molecule has 0 aromatic heterocycles. The fourth-order valence-corrected chi connectivity index (χ4v) is 5.12. The molecule has 2 atom stereocenters. The summed E-state index contributed by atoms with van der Waals surface area (Å²) in [4.78, 5) is 29.5. The van der Waals surface area contributed by atoms with Gasteiger partial charge in [0.05, 0.1) is 5.92 Å². The third kappa shape index (κ3) is 3.81. The summed E-state index contributed by atoms with van der Waals surface area (Å²) in [5.74, 6) is 0.283. The van der Waals surface area contributed by atoms with Gasteiger partial charge >= 0.3 is 0 Å². The number of amides is 2. The standard InChI is InChI=1S/C25H29N3O2/c29-24-14-21(17-28(24)23-10-9-19-5-4-6-20(19)13-23)25(30)26-15-18-11-12-27(16-18)22-7-2-1-3-8-22/h1-3,7-10,13,18,21H,4-6,11-12,14-17H2,(H,26,30)/t18-,21+/m1/s1. The third-order valence-corrected chi connectivity index (χ3v) is 6.86. The number of nitrogens with zero attached hydrogens (tertiary/aromatic N) is 2. The van der Waals surface area contributed by atoms with Gasteiger partial charge in [0, 0.05) is 44.0 Å². The minimum atomic E-state index is -0.252. The molecule has 3 aliphatic rings. The van der Waals surface area contributed by atoms with Gasteiger partial charge in [0.2, 0.25) is 11.8 Å². The van der Waals surface area contributed by atoms with Crippen molar-refractivity contribution in [3.63, 3.8) is 0 Å². The molecule has 0 unspecified atom stereocenters. The average molecular weight is 404 g/mol. The molecule has 2 aromatic rings. The summed E-state index contributed by atoms with van der Waals surface area (Å²) in [7, 11) is 0. The van der Waals surface area contributed by atoms with Crippen molar-refractivity contribution >= 4 is 23.2 Å². The van der Waals surface area contributed by atoms with Crippen molar-refractivity contribution in [2.45, 2.75) is 32.1 Å². The van der Waals surface area contributed by atoms with Crippen LogP contribution in [0.25, 0.3) is 0 Å². The van der Waals surface area contributed by atoms with E-state index in [-0.39, 0.29) is 17.7 Å². The lowest BCUT2D eigenvalue weighted by atomic mass is 10.1. The summed E-state index contributed by atoms with van der Waals surface area (Å²) in [6, 6.07) is 16.8. The Bertz CT molecular complexity index is 943. The first-order chi connectivity index (χ1) is 14.7. The minimum Gasteiger partial charge on any atom is -0.371 e. The number of anilines is 2. The second kappa shape index (κ2) is 8.13. The topological polar surface area (TPSA) is 52.7 Å². The molecule has 5 rings (SSSR count). The second-order valence-corrected chi connectivity index (χ2v) is 8.89. The van der Waals surface area contributed by atoms with E-state index in [9.17, 15) is 9.59 Å². The minimum absolute atomic E-state index is 0.0187. The van der Waals surface area contributed by atoms with E-state index in [2.05, 4.69) is 46.6 Å². The summed E-state index contributed by atoms with van der Waals surface area (Å²) in [5.41, 5.74) is 4.96. The van der Waals surface area contributed by atoms with E-state index in [1.807, 2.05) is 12.1 Å². The molecule has 0 saturated carbocycles. The highest BCUT2D eigenvalue weighted by Gasteiger charge is 2.36. The molecule has 2 aromatic carbocycles. The summed E-state index contributed by atoms with van der Waals surface area (Å²) < 4.78 is 0.